The summed E-state index contributed by atoms with van der Waals surface area (Å²) in [7, 11) is 7.70. The van der Waals surface area contributed by atoms with E-state index in [1.165, 1.54) is 6.07 Å². The lowest BCUT2D eigenvalue weighted by atomic mass is 9.77. The molecule has 15 nitrogen and oxygen atoms in total. The van der Waals surface area contributed by atoms with Crippen LogP contribution in [0.25, 0.3) is 0 Å². The molecule has 2 aliphatic heterocycles. The van der Waals surface area contributed by atoms with Gasteiger partial charge in [-0.25, -0.2) is 14.4 Å². The molecule has 428 valence electrons. The van der Waals surface area contributed by atoms with Crippen LogP contribution in [0, 0.1) is 11.8 Å². The van der Waals surface area contributed by atoms with Gasteiger partial charge in [-0.2, -0.15) is 31.8 Å². The molecule has 4 aromatic carbocycles. The average Bonchev–Trinajstić information content (AvgIpc) is 3.95. The fourth-order valence-electron chi connectivity index (χ4n) is 9.65. The number of nitrogens with zero attached hydrogens (tertiary/aromatic N) is 2. The van der Waals surface area contributed by atoms with E-state index < -0.39 is 88.8 Å². The second-order valence-corrected chi connectivity index (χ2v) is 21.2. The molecule has 6 rings (SSSR count). The van der Waals surface area contributed by atoms with Crippen molar-refractivity contribution >= 4 is 46.9 Å². The van der Waals surface area contributed by atoms with Crippen LogP contribution in [-0.4, -0.2) is 88.9 Å². The molecule has 3 N–H and O–H groups in total. The number of unbranched alkanes of at least 4 members (excludes halogenated alkanes) is 7. The molecule has 0 aliphatic carbocycles. The van der Waals surface area contributed by atoms with Crippen LogP contribution in [0.4, 0.5) is 37.7 Å². The van der Waals surface area contributed by atoms with Gasteiger partial charge in [0.2, 0.25) is 11.8 Å². The first kappa shape index (κ1) is 61.1. The van der Waals surface area contributed by atoms with Crippen LogP contribution >= 0.6 is 0 Å². The fraction of sp³-hybridized carbons (Fsp3) is 0.483. The van der Waals surface area contributed by atoms with E-state index in [2.05, 4.69) is 16.1 Å². The third-order valence-electron chi connectivity index (χ3n) is 13.6. The first-order valence-electron chi connectivity index (χ1n) is 26.4. The summed E-state index contributed by atoms with van der Waals surface area (Å²) in [5.74, 6) is -4.55. The molecule has 4 aromatic rings. The SMILES string of the molecule is CC(C)C[C@@H](NC(=O)[C@@H](CC(C)C)NC(=O)CCCCCCCCCCNOC(=O)c1ccc2c(c1)C(=O)OC21c2ccc(N(C)C)cc2Oc2cc(N(C)C)ccc21)C(=O)COC(=O)c1c(C(F)(F)F)cccc1C(F)(F)F. The summed E-state index contributed by atoms with van der Waals surface area (Å²) in [6.45, 7) is 6.25. The van der Waals surface area contributed by atoms with Gasteiger partial charge in [0.05, 0.1) is 33.9 Å². The molecule has 2 heterocycles. The average molecular weight is 1110 g/mol. The standard InChI is InChI=1S/C58H69F6N5O10/c1-34(2)28-45(47(70)33-76-55(75)51-43(57(59,60)61)18-17-19-44(51)58(62,63)64)67-52(72)46(29-35(3)4)66-50(71)20-15-13-11-9-10-12-14-16-27-65-79-53(73)36-21-24-40-39(30-36)54(74)78-56(40)41-25-22-37(68(5)6)31-48(41)77-49-32-38(69(7)8)23-26-42(49)56/h17-19,21-26,30-32,34-35,45-46,65H,9-16,20,27-29,33H2,1-8H3,(H,66,71)(H,67,72)/t45-,46-/m1/s1. The van der Waals surface area contributed by atoms with Crippen molar-refractivity contribution in [2.75, 3.05) is 51.1 Å². The second kappa shape index (κ2) is 26.2. The predicted octanol–water partition coefficient (Wildman–Crippen LogP) is 11.1. The number of benzene rings is 4. The summed E-state index contributed by atoms with van der Waals surface area (Å²) >= 11 is 0. The molecule has 0 saturated heterocycles. The van der Waals surface area contributed by atoms with Crippen molar-refractivity contribution in [2.45, 2.75) is 128 Å². The maximum atomic E-state index is 13.7. The molecular weight excluding hydrogens is 1040 g/mol. The lowest BCUT2D eigenvalue weighted by molar-refractivity contribution is -0.144. The van der Waals surface area contributed by atoms with Crippen molar-refractivity contribution in [3.05, 3.63) is 117 Å². The van der Waals surface area contributed by atoms with Crippen molar-refractivity contribution in [1.29, 1.82) is 0 Å². The molecule has 79 heavy (non-hydrogen) atoms. The van der Waals surface area contributed by atoms with Crippen LogP contribution in [0.3, 0.4) is 0 Å². The van der Waals surface area contributed by atoms with E-state index in [4.69, 9.17) is 19.0 Å². The highest BCUT2D eigenvalue weighted by Crippen LogP contribution is 2.57. The Labute approximate surface area is 456 Å². The number of carbonyl (C=O) groups is 6. The molecule has 0 aromatic heterocycles. The summed E-state index contributed by atoms with van der Waals surface area (Å²) in [5.41, 5.74) is 0.0221. The number of hydrogen-bond acceptors (Lipinski definition) is 13. The zero-order chi connectivity index (χ0) is 58.0. The van der Waals surface area contributed by atoms with E-state index in [9.17, 15) is 55.1 Å². The van der Waals surface area contributed by atoms with Gasteiger partial charge < -0.3 is 39.5 Å². The molecule has 0 radical (unpaired) electrons. The van der Waals surface area contributed by atoms with Gasteiger partial charge in [-0.15, -0.1) is 0 Å². The number of nitrogens with one attached hydrogen (secondary N) is 3. The van der Waals surface area contributed by atoms with Crippen molar-refractivity contribution in [3.63, 3.8) is 0 Å². The summed E-state index contributed by atoms with van der Waals surface area (Å²) in [6.07, 6.45) is -3.85. The molecule has 0 saturated carbocycles. The van der Waals surface area contributed by atoms with Crippen LogP contribution in [0.15, 0.2) is 72.8 Å². The Morgan fingerprint density at radius 2 is 1.15 bits per heavy atom. The van der Waals surface area contributed by atoms with E-state index in [0.29, 0.717) is 59.4 Å². The Balaban J connectivity index is 0.905. The smallest absolute Gasteiger partial charge is 0.417 e. The quantitative estimate of drug-likeness (QED) is 0.0178. The Morgan fingerprint density at radius 1 is 0.633 bits per heavy atom. The van der Waals surface area contributed by atoms with Gasteiger partial charge in [-0.1, -0.05) is 78.4 Å². The first-order chi connectivity index (χ1) is 37.2. The number of esters is 2. The van der Waals surface area contributed by atoms with E-state index in [1.54, 1.807) is 26.0 Å². The third-order valence-corrected chi connectivity index (χ3v) is 13.6. The molecule has 2 amide bonds. The topological polar surface area (TPSA) is 182 Å². The van der Waals surface area contributed by atoms with Gasteiger partial charge in [0, 0.05) is 81.4 Å². The Kier molecular flexibility index (Phi) is 20.2. The molecular formula is C58H69F6N5O10. The van der Waals surface area contributed by atoms with Gasteiger partial charge in [0.1, 0.15) is 17.5 Å². The minimum Gasteiger partial charge on any atom is -0.456 e. The molecule has 1 spiro atoms. The van der Waals surface area contributed by atoms with Crippen molar-refractivity contribution < 1.29 is 74.2 Å². The summed E-state index contributed by atoms with van der Waals surface area (Å²) in [6, 6.07) is 15.0. The highest BCUT2D eigenvalue weighted by molar-refractivity contribution is 6.01. The highest BCUT2D eigenvalue weighted by Gasteiger charge is 2.54. The van der Waals surface area contributed by atoms with E-state index >= 15 is 0 Å². The van der Waals surface area contributed by atoms with Crippen molar-refractivity contribution in [3.8, 4) is 11.5 Å². The van der Waals surface area contributed by atoms with Gasteiger partial charge >= 0.3 is 30.3 Å². The maximum absolute atomic E-state index is 13.7. The number of ketones is 1. The number of alkyl halides is 6. The number of hydrogen-bond donors (Lipinski definition) is 3. The van der Waals surface area contributed by atoms with Gasteiger partial charge in [0.25, 0.3) is 0 Å². The number of carbonyl (C=O) groups excluding carboxylic acids is 6. The first-order valence-corrected chi connectivity index (χ1v) is 26.4. The van der Waals surface area contributed by atoms with E-state index in [-0.39, 0.29) is 42.2 Å². The van der Waals surface area contributed by atoms with Gasteiger partial charge in [-0.3, -0.25) is 14.4 Å². The number of amides is 2. The lowest BCUT2D eigenvalue weighted by Crippen LogP contribution is -2.53. The molecule has 0 unspecified atom stereocenters. The third kappa shape index (κ3) is 15.2. The predicted molar refractivity (Wildman–Crippen MR) is 283 cm³/mol. The fourth-order valence-corrected chi connectivity index (χ4v) is 9.65. The highest BCUT2D eigenvalue weighted by atomic mass is 19.4. The molecule has 2 atom stereocenters. The van der Waals surface area contributed by atoms with E-state index in [0.717, 1.165) is 56.3 Å². The minimum absolute atomic E-state index is 0.00932. The number of fused-ring (bicyclic) bond motifs is 6. The van der Waals surface area contributed by atoms with Crippen LogP contribution < -0.4 is 30.7 Å². The lowest BCUT2D eigenvalue weighted by Gasteiger charge is -2.37. The van der Waals surface area contributed by atoms with Crippen LogP contribution in [0.1, 0.15) is 157 Å². The Morgan fingerprint density at radius 3 is 1.68 bits per heavy atom. The molecule has 21 heteroatoms. The number of halogens is 6. The molecule has 0 fully saturated rings. The minimum atomic E-state index is -5.35. The number of ether oxygens (including phenoxy) is 3. The van der Waals surface area contributed by atoms with Gasteiger partial charge in [0.15, 0.2) is 18.0 Å². The summed E-state index contributed by atoms with van der Waals surface area (Å²) < 4.78 is 99.5. The normalized spacial score (nSPS) is 14.1. The van der Waals surface area contributed by atoms with Crippen molar-refractivity contribution in [1.82, 2.24) is 16.1 Å². The summed E-state index contributed by atoms with van der Waals surface area (Å²) in [5, 5.41) is 5.27. The largest absolute Gasteiger partial charge is 0.456 e. The second-order valence-electron chi connectivity index (χ2n) is 21.2. The van der Waals surface area contributed by atoms with Gasteiger partial charge in [-0.05, 0) is 86.1 Å². The molecule has 2 aliphatic rings. The zero-order valence-corrected chi connectivity index (χ0v) is 45.7. The monoisotopic (exact) mass is 1110 g/mol. The number of Topliss-reactive ketones (excluding diaryl/α,β-unsaturated/α-hetero) is 1. The summed E-state index contributed by atoms with van der Waals surface area (Å²) in [4.78, 5) is 88.7. The van der Waals surface area contributed by atoms with Crippen molar-refractivity contribution in [2.24, 2.45) is 11.8 Å². The molecule has 0 bridgehead atoms. The maximum Gasteiger partial charge on any atom is 0.417 e. The van der Waals surface area contributed by atoms with E-state index in [1.807, 2.05) is 88.2 Å². The van der Waals surface area contributed by atoms with Crippen LogP contribution in [0.2, 0.25) is 0 Å². The zero-order valence-electron chi connectivity index (χ0n) is 45.7. The van der Waals surface area contributed by atoms with Crippen LogP contribution in [-0.2, 0) is 46.6 Å². The number of anilines is 2. The number of rotatable bonds is 26. The van der Waals surface area contributed by atoms with Crippen LogP contribution in [0.5, 0.6) is 11.5 Å². The Bertz CT molecular complexity index is 2780. The number of hydroxylamine groups is 1. The Hall–Kier alpha value is -7.16.